The summed E-state index contributed by atoms with van der Waals surface area (Å²) in [5.41, 5.74) is 2.40. The van der Waals surface area contributed by atoms with Gasteiger partial charge in [0.1, 0.15) is 5.82 Å². The second-order valence-electron chi connectivity index (χ2n) is 6.89. The maximum atomic E-state index is 5.82. The van der Waals surface area contributed by atoms with Crippen molar-refractivity contribution in [1.29, 1.82) is 0 Å². The number of ether oxygens (including phenoxy) is 2. The summed E-state index contributed by atoms with van der Waals surface area (Å²) in [4.78, 5) is 13.8. The Kier molecular flexibility index (Phi) is 4.78. The van der Waals surface area contributed by atoms with Gasteiger partial charge in [-0.15, -0.1) is 0 Å². The van der Waals surface area contributed by atoms with Crippen molar-refractivity contribution in [3.63, 3.8) is 0 Å². The predicted octanol–water partition coefficient (Wildman–Crippen LogP) is 3.29. The zero-order valence-corrected chi connectivity index (χ0v) is 15.5. The highest BCUT2D eigenvalue weighted by Crippen LogP contribution is 2.33. The van der Waals surface area contributed by atoms with Crippen molar-refractivity contribution in [2.24, 2.45) is 0 Å². The average molecular weight is 354 g/mol. The van der Waals surface area contributed by atoms with Crippen LogP contribution in [-0.2, 0) is 9.47 Å². The molecule has 3 heterocycles. The minimum absolute atomic E-state index is 0.370. The van der Waals surface area contributed by atoms with Gasteiger partial charge in [-0.05, 0) is 37.6 Å². The molecule has 0 amide bonds. The second-order valence-corrected chi connectivity index (χ2v) is 6.89. The largest absolute Gasteiger partial charge is 0.347 e. The topological polar surface area (TPSA) is 50.7 Å². The Morgan fingerprint density at radius 1 is 1.15 bits per heavy atom. The molecule has 138 valence electrons. The molecule has 26 heavy (non-hydrogen) atoms. The van der Waals surface area contributed by atoms with Gasteiger partial charge in [-0.2, -0.15) is 4.98 Å². The highest BCUT2D eigenvalue weighted by molar-refractivity contribution is 5.61. The van der Waals surface area contributed by atoms with E-state index in [2.05, 4.69) is 52.9 Å². The highest BCUT2D eigenvalue weighted by Gasteiger charge is 2.40. The van der Waals surface area contributed by atoms with Gasteiger partial charge in [-0.1, -0.05) is 12.1 Å². The summed E-state index contributed by atoms with van der Waals surface area (Å²) in [5.74, 6) is 1.34. The first-order chi connectivity index (χ1) is 12.7. The van der Waals surface area contributed by atoms with Crippen LogP contribution < -0.4 is 9.80 Å². The molecule has 0 atom stereocenters. The predicted molar refractivity (Wildman–Crippen MR) is 102 cm³/mol. The van der Waals surface area contributed by atoms with E-state index in [1.165, 1.54) is 5.56 Å². The molecule has 1 aromatic heterocycles. The van der Waals surface area contributed by atoms with E-state index < -0.39 is 0 Å². The minimum atomic E-state index is -0.370. The Morgan fingerprint density at radius 2 is 1.92 bits per heavy atom. The molecule has 2 aliphatic rings. The maximum absolute atomic E-state index is 5.82. The smallest absolute Gasteiger partial charge is 0.227 e. The first-order valence-electron chi connectivity index (χ1n) is 9.39. The lowest BCUT2D eigenvalue weighted by Gasteiger charge is -2.37. The molecule has 2 aromatic rings. The van der Waals surface area contributed by atoms with Gasteiger partial charge >= 0.3 is 0 Å². The molecule has 4 rings (SSSR count). The molecule has 2 aliphatic heterocycles. The Hall–Kier alpha value is -2.18. The number of benzene rings is 1. The van der Waals surface area contributed by atoms with Crippen LogP contribution in [0.25, 0.3) is 0 Å². The van der Waals surface area contributed by atoms with Crippen molar-refractivity contribution in [2.45, 2.75) is 32.5 Å². The van der Waals surface area contributed by atoms with Crippen LogP contribution in [0.2, 0.25) is 0 Å². The van der Waals surface area contributed by atoms with Gasteiger partial charge in [0.05, 0.1) is 13.2 Å². The van der Waals surface area contributed by atoms with Crippen LogP contribution in [-0.4, -0.2) is 48.6 Å². The minimum Gasteiger partial charge on any atom is -0.347 e. The number of aromatic nitrogens is 2. The number of anilines is 3. The van der Waals surface area contributed by atoms with Gasteiger partial charge in [0.2, 0.25) is 5.95 Å². The van der Waals surface area contributed by atoms with Gasteiger partial charge in [-0.3, -0.25) is 0 Å². The van der Waals surface area contributed by atoms with E-state index in [0.29, 0.717) is 13.2 Å². The van der Waals surface area contributed by atoms with E-state index in [4.69, 9.17) is 14.5 Å². The molecule has 0 radical (unpaired) electrons. The van der Waals surface area contributed by atoms with Crippen LogP contribution in [0.5, 0.6) is 0 Å². The van der Waals surface area contributed by atoms with Crippen molar-refractivity contribution in [3.05, 3.63) is 42.1 Å². The normalized spacial score (nSPS) is 19.1. The van der Waals surface area contributed by atoms with E-state index in [1.807, 2.05) is 12.3 Å². The van der Waals surface area contributed by atoms with Crippen molar-refractivity contribution < 1.29 is 9.47 Å². The number of hydrogen-bond donors (Lipinski definition) is 0. The third-order valence-electron chi connectivity index (χ3n) is 5.16. The monoisotopic (exact) mass is 354 g/mol. The molecule has 0 N–H and O–H groups in total. The Labute approximate surface area is 154 Å². The summed E-state index contributed by atoms with van der Waals surface area (Å²) in [6.45, 7) is 8.20. The molecule has 2 fully saturated rings. The summed E-state index contributed by atoms with van der Waals surface area (Å²) in [5, 5.41) is 0. The van der Waals surface area contributed by atoms with Crippen LogP contribution >= 0.6 is 0 Å². The van der Waals surface area contributed by atoms with Gasteiger partial charge in [0.25, 0.3) is 0 Å². The van der Waals surface area contributed by atoms with Crippen molar-refractivity contribution in [1.82, 2.24) is 9.97 Å². The fourth-order valence-corrected chi connectivity index (χ4v) is 3.75. The standard InChI is InChI=1S/C20H26N4O2/c1-3-24(17-6-4-5-16(2)15-17)18-7-10-21-19(22-18)23-11-8-20(9-12-23)25-13-14-26-20/h4-7,10,15H,3,8-9,11-14H2,1-2H3. The molecule has 0 saturated carbocycles. The van der Waals surface area contributed by atoms with Gasteiger partial charge in [0.15, 0.2) is 5.79 Å². The summed E-state index contributed by atoms with van der Waals surface area (Å²) >= 11 is 0. The molecule has 1 spiro atoms. The lowest BCUT2D eigenvalue weighted by atomic mass is 10.0. The van der Waals surface area contributed by atoms with Gasteiger partial charge < -0.3 is 19.3 Å². The van der Waals surface area contributed by atoms with Crippen LogP contribution in [0.4, 0.5) is 17.5 Å². The SMILES string of the molecule is CCN(c1cccc(C)c1)c1ccnc(N2CCC3(CC2)OCCO3)n1. The summed E-state index contributed by atoms with van der Waals surface area (Å²) < 4.78 is 11.6. The molecular weight excluding hydrogens is 328 g/mol. The summed E-state index contributed by atoms with van der Waals surface area (Å²) in [6, 6.07) is 10.5. The zero-order valence-electron chi connectivity index (χ0n) is 15.5. The Balaban J connectivity index is 1.53. The number of aryl methyl sites for hydroxylation is 1. The van der Waals surface area contributed by atoms with Crippen molar-refractivity contribution in [2.75, 3.05) is 42.6 Å². The molecule has 0 bridgehead atoms. The Bertz CT molecular complexity index is 751. The number of piperidine rings is 1. The molecule has 6 nitrogen and oxygen atoms in total. The first-order valence-corrected chi connectivity index (χ1v) is 9.39. The van der Waals surface area contributed by atoms with Crippen molar-refractivity contribution >= 4 is 17.5 Å². The molecule has 1 aromatic carbocycles. The van der Waals surface area contributed by atoms with Crippen LogP contribution in [0.1, 0.15) is 25.3 Å². The highest BCUT2D eigenvalue weighted by atomic mass is 16.7. The van der Waals surface area contributed by atoms with E-state index in [-0.39, 0.29) is 5.79 Å². The molecule has 6 heteroatoms. The van der Waals surface area contributed by atoms with Crippen LogP contribution in [0.3, 0.4) is 0 Å². The lowest BCUT2D eigenvalue weighted by Crippen LogP contribution is -2.45. The zero-order chi connectivity index (χ0) is 18.0. The van der Waals surface area contributed by atoms with E-state index in [0.717, 1.165) is 49.9 Å². The lowest BCUT2D eigenvalue weighted by molar-refractivity contribution is -0.169. The average Bonchev–Trinajstić information content (AvgIpc) is 3.11. The molecule has 0 unspecified atom stereocenters. The molecular formula is C20H26N4O2. The third-order valence-corrected chi connectivity index (χ3v) is 5.16. The Morgan fingerprint density at radius 3 is 2.62 bits per heavy atom. The van der Waals surface area contributed by atoms with Gasteiger partial charge in [-0.25, -0.2) is 4.98 Å². The number of hydrogen-bond acceptors (Lipinski definition) is 6. The summed E-state index contributed by atoms with van der Waals surface area (Å²) in [7, 11) is 0. The summed E-state index contributed by atoms with van der Waals surface area (Å²) in [6.07, 6.45) is 3.56. The number of rotatable bonds is 4. The van der Waals surface area contributed by atoms with Crippen LogP contribution in [0.15, 0.2) is 36.5 Å². The second kappa shape index (κ2) is 7.21. The van der Waals surface area contributed by atoms with E-state index in [9.17, 15) is 0 Å². The third kappa shape index (κ3) is 3.39. The number of nitrogens with zero attached hydrogens (tertiary/aromatic N) is 4. The quantitative estimate of drug-likeness (QED) is 0.840. The molecule has 0 aliphatic carbocycles. The maximum Gasteiger partial charge on any atom is 0.227 e. The van der Waals surface area contributed by atoms with Gasteiger partial charge in [0, 0.05) is 44.4 Å². The molecule has 2 saturated heterocycles. The van der Waals surface area contributed by atoms with Crippen LogP contribution in [0, 0.1) is 6.92 Å². The fourth-order valence-electron chi connectivity index (χ4n) is 3.75. The van der Waals surface area contributed by atoms with E-state index in [1.54, 1.807) is 0 Å². The first kappa shape index (κ1) is 17.2. The van der Waals surface area contributed by atoms with Crippen molar-refractivity contribution in [3.8, 4) is 0 Å². The van der Waals surface area contributed by atoms with E-state index >= 15 is 0 Å². The fraction of sp³-hybridized carbons (Fsp3) is 0.500.